The molecule has 3 N–H and O–H groups in total. The Kier molecular flexibility index (Phi) is 13.5. The molecule has 0 saturated heterocycles. The standard InChI is InChI=1S/C34H39Cl2N4O7PS/c1-21(2)31-32(49-29-16-25(35)15-26(36)17-29)40(30(38-31)19-44-34(37)42)18-24-11-13-27(14-12-24)45-20-48(43,47-28-9-7-6-8-10-28)39-23(5)33(41)46-22(3)4/h6-17,21-23H,18-20H2,1-5H3,(H2,37,42)(H,39,43)/t23-,48?/m0/s1. The molecule has 11 nitrogen and oxygen atoms in total. The molecule has 0 aliphatic heterocycles. The van der Waals surface area contributed by atoms with Gasteiger partial charge in [0.25, 0.3) is 0 Å². The molecule has 4 aromatic rings. The molecule has 1 heterocycles. The van der Waals surface area contributed by atoms with Crippen LogP contribution in [0.2, 0.25) is 10.0 Å². The molecule has 15 heteroatoms. The van der Waals surface area contributed by atoms with E-state index < -0.39 is 25.6 Å². The quantitative estimate of drug-likeness (QED) is 0.0844. The molecule has 49 heavy (non-hydrogen) atoms. The second kappa shape index (κ2) is 17.3. The zero-order valence-corrected chi connectivity index (χ0v) is 30.9. The molecule has 0 aliphatic carbocycles. The van der Waals surface area contributed by atoms with Crippen molar-refractivity contribution in [1.82, 2.24) is 14.6 Å². The Morgan fingerprint density at radius 3 is 2.20 bits per heavy atom. The number of benzene rings is 3. The lowest BCUT2D eigenvalue weighted by atomic mass is 10.1. The van der Waals surface area contributed by atoms with Crippen molar-refractivity contribution in [2.24, 2.45) is 5.73 Å². The predicted octanol–water partition coefficient (Wildman–Crippen LogP) is 8.65. The highest BCUT2D eigenvalue weighted by Gasteiger charge is 2.32. The molecule has 0 aliphatic rings. The molecule has 0 fully saturated rings. The number of hydrogen-bond donors (Lipinski definition) is 2. The van der Waals surface area contributed by atoms with Crippen LogP contribution in [0.1, 0.15) is 57.6 Å². The fourth-order valence-corrected chi connectivity index (χ4v) is 8.12. The van der Waals surface area contributed by atoms with Crippen LogP contribution < -0.4 is 20.1 Å². The average Bonchev–Trinajstić information content (AvgIpc) is 3.35. The number of nitrogens with one attached hydrogen (secondary N) is 1. The van der Waals surface area contributed by atoms with Crippen LogP contribution in [0.5, 0.6) is 11.5 Å². The van der Waals surface area contributed by atoms with E-state index >= 15 is 0 Å². The van der Waals surface area contributed by atoms with Crippen LogP contribution in [-0.4, -0.2) is 40.1 Å². The van der Waals surface area contributed by atoms with Crippen molar-refractivity contribution in [3.8, 4) is 11.5 Å². The van der Waals surface area contributed by atoms with Crippen molar-refractivity contribution >= 4 is 54.5 Å². The molecule has 0 saturated carbocycles. The highest BCUT2D eigenvalue weighted by atomic mass is 35.5. The number of hydrogen-bond acceptors (Lipinski definition) is 9. The van der Waals surface area contributed by atoms with Crippen LogP contribution in [0, 0.1) is 0 Å². The number of carbonyl (C=O) groups excluding carboxylic acids is 2. The summed E-state index contributed by atoms with van der Waals surface area (Å²) in [6.45, 7) is 9.31. The van der Waals surface area contributed by atoms with Crippen molar-refractivity contribution in [1.29, 1.82) is 0 Å². The maximum atomic E-state index is 14.0. The second-order valence-corrected chi connectivity index (χ2v) is 15.6. The van der Waals surface area contributed by atoms with Gasteiger partial charge in [-0.15, -0.1) is 0 Å². The van der Waals surface area contributed by atoms with Gasteiger partial charge >= 0.3 is 19.6 Å². The zero-order valence-electron chi connectivity index (χ0n) is 27.7. The van der Waals surface area contributed by atoms with Gasteiger partial charge in [-0.2, -0.15) is 0 Å². The number of ether oxygens (including phenoxy) is 3. The SMILES string of the molecule is CC(C)OC(=O)[C@H](C)NP(=O)(COc1ccc(Cn2c(COC(N)=O)nc(C(C)C)c2Sc2cc(Cl)cc(Cl)c2)cc1)Oc1ccccc1. The third-order valence-electron chi connectivity index (χ3n) is 6.72. The van der Waals surface area contributed by atoms with E-state index in [1.54, 1.807) is 63.2 Å². The number of nitrogens with zero attached hydrogens (tertiary/aromatic N) is 2. The van der Waals surface area contributed by atoms with Gasteiger partial charge in [0, 0.05) is 21.5 Å². The summed E-state index contributed by atoms with van der Waals surface area (Å²) in [5, 5.41) is 4.62. The zero-order chi connectivity index (χ0) is 35.7. The molecular formula is C34H39Cl2N4O7PS. The largest absolute Gasteiger partial charge is 0.481 e. The Morgan fingerprint density at radius 1 is 0.959 bits per heavy atom. The van der Waals surface area contributed by atoms with Crippen molar-refractivity contribution in [3.05, 3.63) is 99.9 Å². The fourth-order valence-electron chi connectivity index (χ4n) is 4.55. The van der Waals surface area contributed by atoms with Gasteiger partial charge in [-0.1, -0.05) is 79.1 Å². The van der Waals surface area contributed by atoms with E-state index in [-0.39, 0.29) is 25.0 Å². The summed E-state index contributed by atoms with van der Waals surface area (Å²) in [7, 11) is -3.76. The van der Waals surface area contributed by atoms with Crippen LogP contribution in [-0.2, 0) is 32.0 Å². The lowest BCUT2D eigenvalue weighted by Gasteiger charge is -2.24. The number of primary amides is 1. The number of aromatic nitrogens is 2. The number of halogens is 2. The molecule has 0 radical (unpaired) electrons. The Hall–Kier alpha value is -3.67. The summed E-state index contributed by atoms with van der Waals surface area (Å²) >= 11 is 14.0. The molecule has 0 bridgehead atoms. The van der Waals surface area contributed by atoms with Crippen molar-refractivity contribution < 1.29 is 32.9 Å². The average molecular weight is 750 g/mol. The fraction of sp³-hybridized carbons (Fsp3) is 0.324. The Morgan fingerprint density at radius 2 is 1.61 bits per heavy atom. The summed E-state index contributed by atoms with van der Waals surface area (Å²) in [6.07, 6.45) is -1.61. The smallest absolute Gasteiger partial charge is 0.404 e. The number of amides is 1. The normalized spacial score (nSPS) is 13.2. The van der Waals surface area contributed by atoms with Crippen LogP contribution in [0.15, 0.2) is 82.7 Å². The van der Waals surface area contributed by atoms with Crippen LogP contribution in [0.4, 0.5) is 4.79 Å². The molecule has 1 unspecified atom stereocenters. The first-order valence-electron chi connectivity index (χ1n) is 15.4. The highest BCUT2D eigenvalue weighted by Crippen LogP contribution is 2.44. The summed E-state index contributed by atoms with van der Waals surface area (Å²) in [4.78, 5) is 29.6. The van der Waals surface area contributed by atoms with E-state index in [0.717, 1.165) is 21.2 Å². The van der Waals surface area contributed by atoms with Gasteiger partial charge in [0.1, 0.15) is 28.4 Å². The van der Waals surface area contributed by atoms with Gasteiger partial charge in [0.05, 0.1) is 11.8 Å². The number of esters is 1. The molecular weight excluding hydrogens is 710 g/mol. The second-order valence-electron chi connectivity index (χ2n) is 11.6. The third kappa shape index (κ3) is 11.4. The number of rotatable bonds is 16. The van der Waals surface area contributed by atoms with Crippen LogP contribution in [0.3, 0.4) is 0 Å². The van der Waals surface area contributed by atoms with Crippen LogP contribution >= 0.6 is 42.5 Å². The van der Waals surface area contributed by atoms with Gasteiger partial charge in [-0.25, -0.2) is 14.9 Å². The summed E-state index contributed by atoms with van der Waals surface area (Å²) in [6, 6.07) is 20.2. The first kappa shape index (κ1) is 38.1. The monoisotopic (exact) mass is 748 g/mol. The maximum absolute atomic E-state index is 14.0. The minimum Gasteiger partial charge on any atom is -0.481 e. The summed E-state index contributed by atoms with van der Waals surface area (Å²) in [5.74, 6) is 0.766. The van der Waals surface area contributed by atoms with Gasteiger partial charge in [-0.05, 0) is 74.7 Å². The van der Waals surface area contributed by atoms with E-state index in [2.05, 4.69) is 5.09 Å². The van der Waals surface area contributed by atoms with E-state index in [9.17, 15) is 14.2 Å². The lowest BCUT2D eigenvalue weighted by Crippen LogP contribution is -2.36. The van der Waals surface area contributed by atoms with E-state index in [1.165, 1.54) is 11.8 Å². The van der Waals surface area contributed by atoms with Gasteiger partial charge < -0.3 is 29.0 Å². The van der Waals surface area contributed by atoms with Crippen molar-refractivity contribution in [3.63, 3.8) is 0 Å². The molecule has 262 valence electrons. The number of carbonyl (C=O) groups is 2. The minimum atomic E-state index is -3.76. The maximum Gasteiger partial charge on any atom is 0.404 e. The van der Waals surface area contributed by atoms with Gasteiger partial charge in [0.15, 0.2) is 13.0 Å². The van der Waals surface area contributed by atoms with Gasteiger partial charge in [-0.3, -0.25) is 9.36 Å². The number of para-hydroxylation sites is 1. The lowest BCUT2D eigenvalue weighted by molar-refractivity contribution is -0.149. The Balaban J connectivity index is 1.57. The summed E-state index contributed by atoms with van der Waals surface area (Å²) < 4.78 is 38.1. The van der Waals surface area contributed by atoms with Crippen LogP contribution in [0.25, 0.3) is 0 Å². The van der Waals surface area contributed by atoms with Crippen molar-refractivity contribution in [2.45, 2.75) is 75.8 Å². The van der Waals surface area contributed by atoms with Gasteiger partial charge in [0.2, 0.25) is 0 Å². The van der Waals surface area contributed by atoms with E-state index in [1.807, 2.05) is 48.7 Å². The Bertz CT molecular complexity index is 1770. The molecule has 3 aromatic carbocycles. The molecule has 0 spiro atoms. The summed E-state index contributed by atoms with van der Waals surface area (Å²) in [5.41, 5.74) is 6.96. The minimum absolute atomic E-state index is 0.0406. The molecule has 1 aromatic heterocycles. The number of imidazole rings is 1. The molecule has 2 atom stereocenters. The Labute approximate surface area is 300 Å². The van der Waals surface area contributed by atoms with Crippen molar-refractivity contribution in [2.75, 3.05) is 6.35 Å². The molecule has 1 amide bonds. The van der Waals surface area contributed by atoms with E-state index in [4.69, 9.17) is 52.7 Å². The predicted molar refractivity (Wildman–Crippen MR) is 191 cm³/mol. The number of nitrogens with two attached hydrogens (primary N) is 1. The third-order valence-corrected chi connectivity index (χ3v) is 10.0. The first-order valence-corrected chi connectivity index (χ1v) is 18.8. The topological polar surface area (TPSA) is 144 Å². The first-order chi connectivity index (χ1) is 23.2. The highest BCUT2D eigenvalue weighted by molar-refractivity contribution is 7.99. The van der Waals surface area contributed by atoms with E-state index in [0.29, 0.717) is 33.9 Å². The molecule has 4 rings (SSSR count).